The van der Waals surface area contributed by atoms with Crippen LogP contribution < -0.4 is 0 Å². The third-order valence-corrected chi connectivity index (χ3v) is 10.5. The van der Waals surface area contributed by atoms with Crippen molar-refractivity contribution in [3.63, 3.8) is 0 Å². The number of fused-ring (bicyclic) bond motifs is 5. The highest BCUT2D eigenvalue weighted by Gasteiger charge is 2.59. The first-order valence-corrected chi connectivity index (χ1v) is 12.6. The van der Waals surface area contributed by atoms with Crippen molar-refractivity contribution >= 4 is 5.78 Å². The van der Waals surface area contributed by atoms with Crippen molar-refractivity contribution in [2.75, 3.05) is 0 Å². The van der Waals surface area contributed by atoms with Crippen molar-refractivity contribution in [1.29, 1.82) is 0 Å². The Morgan fingerprint density at radius 3 is 2.59 bits per heavy atom. The highest BCUT2D eigenvalue weighted by Crippen LogP contribution is 2.67. The van der Waals surface area contributed by atoms with Crippen LogP contribution in [0.5, 0.6) is 0 Å². The summed E-state index contributed by atoms with van der Waals surface area (Å²) < 4.78 is 0. The fourth-order valence-corrected chi connectivity index (χ4v) is 8.51. The zero-order valence-corrected chi connectivity index (χ0v) is 19.7. The van der Waals surface area contributed by atoms with E-state index in [2.05, 4.69) is 47.3 Å². The summed E-state index contributed by atoms with van der Waals surface area (Å²) in [5.41, 5.74) is 2.25. The topological polar surface area (TPSA) is 17.1 Å². The summed E-state index contributed by atoms with van der Waals surface area (Å²) >= 11 is 0. The standard InChI is InChI=1S/C28H44O/c1-18(2)19(3)7-8-20(4)24-11-12-25-23-10-9-21-17-22(29)13-15-27(21,5)26(23)14-16-28(24,25)6/h13,15,18,20-21,23-26H,3,7-12,14,16-17H2,1-2,4-6H3/t20-,21+,23+,24-,25+,26+,27+,28-/m1/s1. The predicted molar refractivity (Wildman–Crippen MR) is 123 cm³/mol. The van der Waals surface area contributed by atoms with Gasteiger partial charge >= 0.3 is 0 Å². The molecule has 4 aliphatic rings. The molecule has 0 saturated heterocycles. The van der Waals surface area contributed by atoms with Crippen molar-refractivity contribution in [1.82, 2.24) is 0 Å². The number of hydrogen-bond donors (Lipinski definition) is 0. The first kappa shape index (κ1) is 21.4. The normalized spacial score (nSPS) is 44.9. The van der Waals surface area contributed by atoms with Crippen LogP contribution in [-0.4, -0.2) is 5.78 Å². The lowest BCUT2D eigenvalue weighted by molar-refractivity contribution is -0.122. The van der Waals surface area contributed by atoms with E-state index in [0.717, 1.165) is 36.0 Å². The molecule has 0 aromatic heterocycles. The van der Waals surface area contributed by atoms with Crippen molar-refractivity contribution in [2.45, 2.75) is 92.4 Å². The minimum absolute atomic E-state index is 0.275. The van der Waals surface area contributed by atoms with Crippen LogP contribution in [0.2, 0.25) is 0 Å². The molecule has 29 heavy (non-hydrogen) atoms. The van der Waals surface area contributed by atoms with E-state index in [1.54, 1.807) is 0 Å². The third kappa shape index (κ3) is 3.49. The Morgan fingerprint density at radius 2 is 1.86 bits per heavy atom. The molecule has 1 heteroatoms. The molecule has 0 aliphatic heterocycles. The van der Waals surface area contributed by atoms with Crippen LogP contribution in [0.1, 0.15) is 92.4 Å². The van der Waals surface area contributed by atoms with E-state index >= 15 is 0 Å². The molecule has 0 amide bonds. The lowest BCUT2D eigenvalue weighted by Gasteiger charge is -2.59. The van der Waals surface area contributed by atoms with E-state index in [1.807, 2.05) is 6.08 Å². The maximum absolute atomic E-state index is 12.0. The minimum atomic E-state index is 0.275. The predicted octanol–water partition coefficient (Wildman–Crippen LogP) is 7.62. The zero-order valence-electron chi connectivity index (χ0n) is 19.7. The van der Waals surface area contributed by atoms with Crippen molar-refractivity contribution < 1.29 is 4.79 Å². The fourth-order valence-electron chi connectivity index (χ4n) is 8.51. The van der Waals surface area contributed by atoms with Gasteiger partial charge in [0, 0.05) is 6.42 Å². The molecule has 0 spiro atoms. The van der Waals surface area contributed by atoms with Gasteiger partial charge in [0.15, 0.2) is 5.78 Å². The Labute approximate surface area is 179 Å². The number of carbonyl (C=O) groups excluding carboxylic acids is 1. The molecular formula is C28H44O. The molecule has 0 aromatic rings. The van der Waals surface area contributed by atoms with Gasteiger partial charge in [0.1, 0.15) is 0 Å². The Balaban J connectivity index is 1.49. The van der Waals surface area contributed by atoms with Gasteiger partial charge in [0.2, 0.25) is 0 Å². The van der Waals surface area contributed by atoms with E-state index in [9.17, 15) is 4.79 Å². The summed E-state index contributed by atoms with van der Waals surface area (Å²) in [7, 11) is 0. The molecule has 0 N–H and O–H groups in total. The Hall–Kier alpha value is -0.850. The quantitative estimate of drug-likeness (QED) is 0.437. The summed E-state index contributed by atoms with van der Waals surface area (Å²) in [4.78, 5) is 12.0. The molecule has 0 aromatic carbocycles. The summed E-state index contributed by atoms with van der Waals surface area (Å²) in [6, 6.07) is 0. The molecule has 3 fully saturated rings. The molecule has 0 bridgehead atoms. The molecule has 1 nitrogen and oxygen atoms in total. The fraction of sp³-hybridized carbons (Fsp3) is 0.821. The van der Waals surface area contributed by atoms with Crippen LogP contribution in [0, 0.1) is 52.3 Å². The van der Waals surface area contributed by atoms with Crippen molar-refractivity contribution in [2.24, 2.45) is 52.3 Å². The Morgan fingerprint density at radius 1 is 1.10 bits per heavy atom. The van der Waals surface area contributed by atoms with Crippen molar-refractivity contribution in [3.8, 4) is 0 Å². The second-order valence-electron chi connectivity index (χ2n) is 12.1. The van der Waals surface area contributed by atoms with Gasteiger partial charge in [-0.3, -0.25) is 4.79 Å². The van der Waals surface area contributed by atoms with E-state index in [-0.39, 0.29) is 5.41 Å². The number of hydrogen-bond acceptors (Lipinski definition) is 1. The largest absolute Gasteiger partial charge is 0.295 e. The lowest BCUT2D eigenvalue weighted by atomic mass is 9.45. The Kier molecular flexibility index (Phi) is 5.67. The highest BCUT2D eigenvalue weighted by atomic mass is 16.1. The zero-order chi connectivity index (χ0) is 21.0. The van der Waals surface area contributed by atoms with Gasteiger partial charge in [-0.05, 0) is 110 Å². The smallest absolute Gasteiger partial charge is 0.155 e. The SMILES string of the molecule is C=C(CC[C@@H](C)[C@H]1CC[C@H]2[C@@H]3CC[C@H]4CC(=O)C=C[C@]4(C)[C@H]3CC[C@]12C)C(C)C. The second kappa shape index (κ2) is 7.69. The molecular weight excluding hydrogens is 352 g/mol. The summed E-state index contributed by atoms with van der Waals surface area (Å²) in [5, 5.41) is 0. The molecule has 0 radical (unpaired) electrons. The average Bonchev–Trinajstić information content (AvgIpc) is 3.03. The van der Waals surface area contributed by atoms with Gasteiger partial charge in [-0.2, -0.15) is 0 Å². The molecule has 0 unspecified atom stereocenters. The molecule has 3 saturated carbocycles. The summed E-state index contributed by atoms with van der Waals surface area (Å²) in [6.07, 6.45) is 15.9. The first-order chi connectivity index (χ1) is 13.7. The third-order valence-electron chi connectivity index (χ3n) is 10.5. The van der Waals surface area contributed by atoms with Crippen LogP contribution in [0.15, 0.2) is 24.3 Å². The maximum atomic E-state index is 12.0. The van der Waals surface area contributed by atoms with Gasteiger partial charge in [-0.1, -0.05) is 52.8 Å². The van der Waals surface area contributed by atoms with E-state index in [0.29, 0.717) is 23.0 Å². The van der Waals surface area contributed by atoms with Crippen molar-refractivity contribution in [3.05, 3.63) is 24.3 Å². The molecule has 8 atom stereocenters. The van der Waals surface area contributed by atoms with Crippen LogP contribution in [0.4, 0.5) is 0 Å². The summed E-state index contributed by atoms with van der Waals surface area (Å²) in [5.74, 6) is 5.89. The average molecular weight is 397 g/mol. The molecule has 4 rings (SSSR count). The van der Waals surface area contributed by atoms with Crippen LogP contribution >= 0.6 is 0 Å². The number of carbonyl (C=O) groups is 1. The van der Waals surface area contributed by atoms with E-state index in [1.165, 1.54) is 56.9 Å². The molecule has 0 heterocycles. The maximum Gasteiger partial charge on any atom is 0.155 e. The first-order valence-electron chi connectivity index (χ1n) is 12.6. The lowest BCUT2D eigenvalue weighted by Crippen LogP contribution is -2.52. The molecule has 4 aliphatic carbocycles. The molecule has 162 valence electrons. The Bertz CT molecular complexity index is 686. The van der Waals surface area contributed by atoms with Gasteiger partial charge in [0.05, 0.1) is 0 Å². The van der Waals surface area contributed by atoms with Gasteiger partial charge in [-0.25, -0.2) is 0 Å². The van der Waals surface area contributed by atoms with Crippen LogP contribution in [0.25, 0.3) is 0 Å². The number of ketones is 1. The van der Waals surface area contributed by atoms with Gasteiger partial charge in [0.25, 0.3) is 0 Å². The highest BCUT2D eigenvalue weighted by molar-refractivity contribution is 5.91. The van der Waals surface area contributed by atoms with Gasteiger partial charge in [-0.15, -0.1) is 0 Å². The number of allylic oxidation sites excluding steroid dienone is 3. The number of rotatable bonds is 5. The van der Waals surface area contributed by atoms with Crippen LogP contribution in [-0.2, 0) is 4.79 Å². The summed E-state index contributed by atoms with van der Waals surface area (Å²) in [6.45, 7) is 16.6. The van der Waals surface area contributed by atoms with E-state index < -0.39 is 0 Å². The van der Waals surface area contributed by atoms with Gasteiger partial charge < -0.3 is 0 Å². The minimum Gasteiger partial charge on any atom is -0.295 e. The monoisotopic (exact) mass is 396 g/mol. The van der Waals surface area contributed by atoms with E-state index in [4.69, 9.17) is 0 Å². The second-order valence-corrected chi connectivity index (χ2v) is 12.1. The van der Waals surface area contributed by atoms with Crippen LogP contribution in [0.3, 0.4) is 0 Å².